The summed E-state index contributed by atoms with van der Waals surface area (Å²) in [6.07, 6.45) is 6.66. The fourth-order valence-corrected chi connectivity index (χ4v) is 5.54. The second-order valence-corrected chi connectivity index (χ2v) is 11.1. The van der Waals surface area contributed by atoms with E-state index in [0.29, 0.717) is 17.0 Å². The molecule has 1 aliphatic heterocycles. The SMILES string of the molecule is Cc1ccc(-n2nc(C3CCN(S(=O)C(C)C)CC3)cc2NC(=O)c2cnn3cccnc23)cc1.O. The summed E-state index contributed by atoms with van der Waals surface area (Å²) in [5, 5.41) is 12.3. The van der Waals surface area contributed by atoms with Gasteiger partial charge in [0, 0.05) is 42.7 Å². The molecule has 1 aliphatic rings. The van der Waals surface area contributed by atoms with Crippen LogP contribution in [0.1, 0.15) is 54.2 Å². The summed E-state index contributed by atoms with van der Waals surface area (Å²) in [6, 6.07) is 11.8. The van der Waals surface area contributed by atoms with E-state index in [1.54, 1.807) is 27.7 Å². The normalized spacial score (nSPS) is 15.7. The van der Waals surface area contributed by atoms with Gasteiger partial charge in [0.25, 0.3) is 5.91 Å². The molecule has 1 aromatic carbocycles. The van der Waals surface area contributed by atoms with Gasteiger partial charge in [0.15, 0.2) is 5.65 Å². The first-order valence-corrected chi connectivity index (χ1v) is 13.0. The lowest BCUT2D eigenvalue weighted by Crippen LogP contribution is -2.37. The van der Waals surface area contributed by atoms with Crippen LogP contribution in [0.4, 0.5) is 5.82 Å². The zero-order valence-corrected chi connectivity index (χ0v) is 21.4. The molecular weight excluding hydrogens is 478 g/mol. The predicted octanol–water partition coefficient (Wildman–Crippen LogP) is 2.90. The third-order valence-electron chi connectivity index (χ3n) is 6.30. The average molecular weight is 510 g/mol. The number of piperidine rings is 1. The molecule has 0 spiro atoms. The van der Waals surface area contributed by atoms with Crippen LogP contribution in [0.5, 0.6) is 0 Å². The van der Waals surface area contributed by atoms with Crippen LogP contribution in [0.2, 0.25) is 0 Å². The number of hydrogen-bond acceptors (Lipinski definition) is 5. The minimum Gasteiger partial charge on any atom is -0.412 e. The van der Waals surface area contributed by atoms with E-state index in [4.69, 9.17) is 5.10 Å². The van der Waals surface area contributed by atoms with Crippen molar-refractivity contribution in [1.29, 1.82) is 0 Å². The van der Waals surface area contributed by atoms with Crippen molar-refractivity contribution in [3.63, 3.8) is 0 Å². The second kappa shape index (κ2) is 10.7. The third-order valence-corrected chi connectivity index (χ3v) is 7.98. The van der Waals surface area contributed by atoms with Crippen molar-refractivity contribution < 1.29 is 14.5 Å². The maximum Gasteiger partial charge on any atom is 0.262 e. The summed E-state index contributed by atoms with van der Waals surface area (Å²) in [4.78, 5) is 17.5. The van der Waals surface area contributed by atoms with E-state index in [1.807, 2.05) is 51.1 Å². The zero-order valence-electron chi connectivity index (χ0n) is 20.6. The van der Waals surface area contributed by atoms with Crippen molar-refractivity contribution in [1.82, 2.24) is 28.7 Å². The topological polar surface area (TPSA) is 129 Å². The molecule has 5 rings (SSSR count). The van der Waals surface area contributed by atoms with Crippen molar-refractivity contribution >= 4 is 28.4 Å². The van der Waals surface area contributed by atoms with Crippen LogP contribution in [0.3, 0.4) is 0 Å². The summed E-state index contributed by atoms with van der Waals surface area (Å²) in [6.45, 7) is 7.54. The number of aromatic nitrogens is 5. The van der Waals surface area contributed by atoms with E-state index in [1.165, 1.54) is 6.20 Å². The first-order chi connectivity index (χ1) is 16.9. The molecule has 0 aliphatic carbocycles. The number of anilines is 1. The Balaban J connectivity index is 0.00000304. The summed E-state index contributed by atoms with van der Waals surface area (Å²) >= 11 is 0. The smallest absolute Gasteiger partial charge is 0.262 e. The lowest BCUT2D eigenvalue weighted by atomic mass is 9.95. The standard InChI is InChI=1S/C25H29N7O2S.H2O/c1-17(2)35(34)30-13-9-19(10-14-30)22-15-23(32(29-22)20-7-5-18(3)6-8-20)28-25(33)21-16-27-31-12-4-11-26-24(21)31;/h4-8,11-12,15-17,19H,9-10,13-14H2,1-3H3,(H,28,33);1H2. The molecule has 0 bridgehead atoms. The summed E-state index contributed by atoms with van der Waals surface area (Å²) < 4.78 is 17.9. The van der Waals surface area contributed by atoms with Gasteiger partial charge in [0.2, 0.25) is 0 Å². The Hall–Kier alpha value is -3.41. The van der Waals surface area contributed by atoms with Crippen LogP contribution in [-0.4, -0.2) is 62.6 Å². The largest absolute Gasteiger partial charge is 0.412 e. The van der Waals surface area contributed by atoms with E-state index in [-0.39, 0.29) is 22.6 Å². The van der Waals surface area contributed by atoms with Gasteiger partial charge in [-0.2, -0.15) is 10.2 Å². The van der Waals surface area contributed by atoms with Crippen LogP contribution in [0, 0.1) is 6.92 Å². The van der Waals surface area contributed by atoms with E-state index in [9.17, 15) is 9.00 Å². The fraction of sp³-hybridized carbons (Fsp3) is 0.360. The minimum atomic E-state index is -0.961. The first kappa shape index (κ1) is 25.7. The lowest BCUT2D eigenvalue weighted by molar-refractivity contribution is 0.102. The van der Waals surface area contributed by atoms with Crippen LogP contribution >= 0.6 is 0 Å². The molecule has 1 amide bonds. The van der Waals surface area contributed by atoms with Crippen molar-refractivity contribution in [2.24, 2.45) is 0 Å². The highest BCUT2D eigenvalue weighted by Crippen LogP contribution is 2.31. The molecule has 4 aromatic rings. The maximum absolute atomic E-state index is 13.2. The second-order valence-electron chi connectivity index (χ2n) is 9.13. The van der Waals surface area contributed by atoms with Crippen LogP contribution < -0.4 is 5.32 Å². The monoisotopic (exact) mass is 509 g/mol. The molecule has 1 atom stereocenters. The van der Waals surface area contributed by atoms with Gasteiger partial charge >= 0.3 is 0 Å². The van der Waals surface area contributed by atoms with E-state index < -0.39 is 11.0 Å². The van der Waals surface area contributed by atoms with Gasteiger partial charge in [-0.25, -0.2) is 22.7 Å². The molecule has 3 N–H and O–H groups in total. The lowest BCUT2D eigenvalue weighted by Gasteiger charge is -2.31. The number of aryl methyl sites for hydroxylation is 1. The number of carbonyl (C=O) groups excluding carboxylic acids is 1. The Morgan fingerprint density at radius 3 is 2.58 bits per heavy atom. The molecule has 36 heavy (non-hydrogen) atoms. The maximum atomic E-state index is 13.2. The van der Waals surface area contributed by atoms with E-state index in [2.05, 4.69) is 19.7 Å². The predicted molar refractivity (Wildman–Crippen MR) is 140 cm³/mol. The molecule has 11 heteroatoms. The molecule has 10 nitrogen and oxygen atoms in total. The Morgan fingerprint density at radius 2 is 1.89 bits per heavy atom. The molecule has 1 fully saturated rings. The summed E-state index contributed by atoms with van der Waals surface area (Å²) in [5.41, 5.74) is 3.84. The van der Waals surface area contributed by atoms with Gasteiger partial charge in [-0.3, -0.25) is 4.79 Å². The zero-order chi connectivity index (χ0) is 24.5. The number of hydrogen-bond donors (Lipinski definition) is 1. The van der Waals surface area contributed by atoms with Crippen molar-refractivity contribution in [3.05, 3.63) is 71.8 Å². The molecule has 1 saturated heterocycles. The van der Waals surface area contributed by atoms with Gasteiger partial charge in [-0.15, -0.1) is 0 Å². The molecular formula is C25H31N7O3S. The van der Waals surface area contributed by atoms with Crippen LogP contribution in [0.15, 0.2) is 55.0 Å². The first-order valence-electron chi connectivity index (χ1n) is 11.8. The highest BCUT2D eigenvalue weighted by molar-refractivity contribution is 7.83. The van der Waals surface area contributed by atoms with Gasteiger partial charge in [-0.1, -0.05) is 17.7 Å². The number of fused-ring (bicyclic) bond motifs is 1. The van der Waals surface area contributed by atoms with E-state index >= 15 is 0 Å². The van der Waals surface area contributed by atoms with Gasteiger partial charge in [-0.05, 0) is 51.8 Å². The van der Waals surface area contributed by atoms with E-state index in [0.717, 1.165) is 42.9 Å². The molecule has 3 aromatic heterocycles. The highest BCUT2D eigenvalue weighted by Gasteiger charge is 2.28. The Morgan fingerprint density at radius 1 is 1.17 bits per heavy atom. The van der Waals surface area contributed by atoms with Crippen molar-refractivity contribution in [2.75, 3.05) is 18.4 Å². The number of nitrogens with zero attached hydrogens (tertiary/aromatic N) is 6. The Kier molecular flexibility index (Phi) is 7.62. The van der Waals surface area contributed by atoms with Gasteiger partial charge in [0.05, 0.1) is 28.6 Å². The summed E-state index contributed by atoms with van der Waals surface area (Å²) in [5.74, 6) is 0.536. The molecule has 0 saturated carbocycles. The number of rotatable bonds is 6. The minimum absolute atomic E-state index is 0. The number of carbonyl (C=O) groups is 1. The van der Waals surface area contributed by atoms with Gasteiger partial charge < -0.3 is 10.8 Å². The third kappa shape index (κ3) is 5.08. The molecule has 0 radical (unpaired) electrons. The number of benzene rings is 1. The number of amides is 1. The van der Waals surface area contributed by atoms with Gasteiger partial charge in [0.1, 0.15) is 11.4 Å². The Labute approximate surface area is 212 Å². The van der Waals surface area contributed by atoms with Crippen molar-refractivity contribution in [2.45, 2.75) is 44.8 Å². The number of nitrogens with one attached hydrogen (secondary N) is 1. The quantitative estimate of drug-likeness (QED) is 0.427. The fourth-order valence-electron chi connectivity index (χ4n) is 4.37. The molecule has 190 valence electrons. The highest BCUT2D eigenvalue weighted by atomic mass is 32.2. The molecule has 4 heterocycles. The molecule has 1 unspecified atom stereocenters. The van der Waals surface area contributed by atoms with Crippen molar-refractivity contribution in [3.8, 4) is 5.69 Å². The van der Waals surface area contributed by atoms with Crippen LogP contribution in [-0.2, 0) is 11.0 Å². The summed E-state index contributed by atoms with van der Waals surface area (Å²) in [7, 11) is -0.961. The Bertz CT molecular complexity index is 1370. The average Bonchev–Trinajstić information content (AvgIpc) is 3.49. The van der Waals surface area contributed by atoms with Crippen LogP contribution in [0.25, 0.3) is 11.3 Å².